The second kappa shape index (κ2) is 8.41. The third-order valence-electron chi connectivity index (χ3n) is 6.39. The molecule has 7 nitrogen and oxygen atoms in total. The standard InChI is InChI=1S/C28H29N3O4/c1-17-29-24(32)22-21(18-9-6-5-7-10-18)23(34-25(22)30-17)19-11-13-20(14-12-19)28(15-8-16-28)31-26(33)35-27(2,3)4/h5-7,9-14H,8,15-16H2,1-4H3,(H,31,33)(H,29,30,32). The summed E-state index contributed by atoms with van der Waals surface area (Å²) in [5.74, 6) is 1.09. The Labute approximate surface area is 203 Å². The number of benzene rings is 2. The van der Waals surface area contributed by atoms with Crippen LogP contribution < -0.4 is 10.9 Å². The zero-order valence-electron chi connectivity index (χ0n) is 20.4. The molecule has 0 unspecified atom stereocenters. The van der Waals surface area contributed by atoms with Gasteiger partial charge in [0.15, 0.2) is 0 Å². The number of amides is 1. The van der Waals surface area contributed by atoms with E-state index in [1.54, 1.807) is 6.92 Å². The molecule has 2 N–H and O–H groups in total. The number of alkyl carbamates (subject to hydrolysis) is 1. The van der Waals surface area contributed by atoms with Gasteiger partial charge in [-0.3, -0.25) is 4.79 Å². The Morgan fingerprint density at radius 3 is 2.34 bits per heavy atom. The second-order valence-corrected chi connectivity index (χ2v) is 10.1. The summed E-state index contributed by atoms with van der Waals surface area (Å²) in [6.45, 7) is 7.30. The Bertz CT molecular complexity index is 1440. The molecular formula is C28H29N3O4. The van der Waals surface area contributed by atoms with Crippen LogP contribution in [0.25, 0.3) is 33.6 Å². The number of carbonyl (C=O) groups excluding carboxylic acids is 1. The van der Waals surface area contributed by atoms with Crippen molar-refractivity contribution in [3.05, 3.63) is 76.3 Å². The molecule has 7 heteroatoms. The summed E-state index contributed by atoms with van der Waals surface area (Å²) in [6.07, 6.45) is 2.33. The number of carbonyl (C=O) groups is 1. The summed E-state index contributed by atoms with van der Waals surface area (Å²) in [5.41, 5.74) is 2.53. The predicted molar refractivity (Wildman–Crippen MR) is 135 cm³/mol. The van der Waals surface area contributed by atoms with Crippen molar-refractivity contribution in [3.8, 4) is 22.5 Å². The van der Waals surface area contributed by atoms with Gasteiger partial charge in [0.25, 0.3) is 5.56 Å². The number of nitrogens with zero attached hydrogens (tertiary/aromatic N) is 1. The minimum absolute atomic E-state index is 0.229. The van der Waals surface area contributed by atoms with Crippen LogP contribution in [0.3, 0.4) is 0 Å². The smallest absolute Gasteiger partial charge is 0.408 e. The van der Waals surface area contributed by atoms with Crippen molar-refractivity contribution < 1.29 is 13.9 Å². The van der Waals surface area contributed by atoms with Crippen LogP contribution in [-0.2, 0) is 10.3 Å². The highest BCUT2D eigenvalue weighted by Gasteiger charge is 2.41. The van der Waals surface area contributed by atoms with Crippen LogP contribution in [0.1, 0.15) is 51.4 Å². The summed E-state index contributed by atoms with van der Waals surface area (Å²) in [4.78, 5) is 32.6. The number of aromatic nitrogens is 2. The lowest BCUT2D eigenvalue weighted by Gasteiger charge is -2.43. The lowest BCUT2D eigenvalue weighted by atomic mass is 9.71. The van der Waals surface area contributed by atoms with E-state index in [1.807, 2.05) is 75.4 Å². The van der Waals surface area contributed by atoms with Crippen molar-refractivity contribution in [2.24, 2.45) is 0 Å². The molecule has 0 aliphatic heterocycles. The summed E-state index contributed by atoms with van der Waals surface area (Å²) >= 11 is 0. The van der Waals surface area contributed by atoms with E-state index in [4.69, 9.17) is 9.15 Å². The zero-order chi connectivity index (χ0) is 24.8. The number of rotatable bonds is 4. The molecule has 0 bridgehead atoms. The zero-order valence-corrected chi connectivity index (χ0v) is 20.4. The molecule has 1 fully saturated rings. The van der Waals surface area contributed by atoms with Gasteiger partial charge in [0.1, 0.15) is 22.6 Å². The maximum Gasteiger partial charge on any atom is 0.408 e. The maximum atomic E-state index is 12.9. The number of hydrogen-bond donors (Lipinski definition) is 2. The van der Waals surface area contributed by atoms with Gasteiger partial charge < -0.3 is 19.5 Å². The number of H-pyrrole nitrogens is 1. The van der Waals surface area contributed by atoms with Crippen LogP contribution in [0.4, 0.5) is 4.79 Å². The number of nitrogens with one attached hydrogen (secondary N) is 2. The van der Waals surface area contributed by atoms with Crippen molar-refractivity contribution >= 4 is 17.2 Å². The first kappa shape index (κ1) is 22.9. The molecule has 0 spiro atoms. The van der Waals surface area contributed by atoms with E-state index in [0.717, 1.165) is 36.0 Å². The van der Waals surface area contributed by atoms with E-state index in [2.05, 4.69) is 15.3 Å². The number of fused-ring (bicyclic) bond motifs is 1. The van der Waals surface area contributed by atoms with E-state index in [1.165, 1.54) is 0 Å². The normalized spacial score (nSPS) is 15.0. The predicted octanol–water partition coefficient (Wildman–Crippen LogP) is 6.06. The minimum Gasteiger partial charge on any atom is -0.444 e. The van der Waals surface area contributed by atoms with Crippen LogP contribution in [0, 0.1) is 6.92 Å². The molecule has 0 saturated heterocycles. The monoisotopic (exact) mass is 471 g/mol. The molecule has 0 radical (unpaired) electrons. The van der Waals surface area contributed by atoms with Gasteiger partial charge in [-0.05, 0) is 58.1 Å². The van der Waals surface area contributed by atoms with Crippen molar-refractivity contribution in [2.75, 3.05) is 0 Å². The molecule has 1 aliphatic rings. The van der Waals surface area contributed by atoms with Gasteiger partial charge in [0.05, 0.1) is 5.54 Å². The number of furan rings is 1. The Hall–Kier alpha value is -3.87. The maximum absolute atomic E-state index is 12.9. The Kier molecular flexibility index (Phi) is 5.50. The van der Waals surface area contributed by atoms with Crippen molar-refractivity contribution in [1.29, 1.82) is 0 Å². The highest BCUT2D eigenvalue weighted by molar-refractivity contribution is 5.99. The van der Waals surface area contributed by atoms with Crippen LogP contribution >= 0.6 is 0 Å². The van der Waals surface area contributed by atoms with E-state index in [0.29, 0.717) is 28.2 Å². The van der Waals surface area contributed by atoms with E-state index in [-0.39, 0.29) is 5.56 Å². The first-order chi connectivity index (χ1) is 16.7. The van der Waals surface area contributed by atoms with Crippen LogP contribution in [0.15, 0.2) is 63.8 Å². The number of ether oxygens (including phenoxy) is 1. The van der Waals surface area contributed by atoms with Crippen molar-refractivity contribution in [1.82, 2.24) is 15.3 Å². The van der Waals surface area contributed by atoms with Gasteiger partial charge in [0, 0.05) is 11.1 Å². The molecule has 5 rings (SSSR count). The first-order valence-corrected chi connectivity index (χ1v) is 11.9. The lowest BCUT2D eigenvalue weighted by molar-refractivity contribution is 0.0377. The van der Waals surface area contributed by atoms with Gasteiger partial charge >= 0.3 is 6.09 Å². The van der Waals surface area contributed by atoms with Gasteiger partial charge in [-0.15, -0.1) is 0 Å². The quantitative estimate of drug-likeness (QED) is 0.377. The fourth-order valence-electron chi connectivity index (χ4n) is 4.65. The average Bonchev–Trinajstić information content (AvgIpc) is 3.15. The van der Waals surface area contributed by atoms with Gasteiger partial charge in [0.2, 0.25) is 5.71 Å². The van der Waals surface area contributed by atoms with Gasteiger partial charge in [-0.2, -0.15) is 4.98 Å². The highest BCUT2D eigenvalue weighted by Crippen LogP contribution is 2.43. The Balaban J connectivity index is 1.55. The van der Waals surface area contributed by atoms with E-state index < -0.39 is 17.2 Å². The average molecular weight is 472 g/mol. The number of aryl methyl sites for hydroxylation is 1. The molecule has 180 valence electrons. The summed E-state index contributed by atoms with van der Waals surface area (Å²) in [7, 11) is 0. The minimum atomic E-state index is -0.557. The third-order valence-corrected chi connectivity index (χ3v) is 6.39. The Morgan fingerprint density at radius 1 is 1.06 bits per heavy atom. The number of aromatic amines is 1. The molecule has 2 heterocycles. The van der Waals surface area contributed by atoms with Crippen molar-refractivity contribution in [2.45, 2.75) is 58.1 Å². The molecule has 35 heavy (non-hydrogen) atoms. The number of hydrogen-bond acceptors (Lipinski definition) is 5. The van der Waals surface area contributed by atoms with E-state index in [9.17, 15) is 9.59 Å². The first-order valence-electron chi connectivity index (χ1n) is 11.9. The summed E-state index contributed by atoms with van der Waals surface area (Å²) in [5, 5.41) is 3.53. The molecule has 2 aromatic carbocycles. The molecule has 1 aliphatic carbocycles. The fourth-order valence-corrected chi connectivity index (χ4v) is 4.65. The highest BCUT2D eigenvalue weighted by atomic mass is 16.6. The molecule has 1 saturated carbocycles. The summed E-state index contributed by atoms with van der Waals surface area (Å²) in [6, 6.07) is 17.7. The van der Waals surface area contributed by atoms with Crippen LogP contribution in [0.5, 0.6) is 0 Å². The Morgan fingerprint density at radius 2 is 1.74 bits per heavy atom. The molecule has 0 atom stereocenters. The van der Waals surface area contributed by atoms with Crippen molar-refractivity contribution in [3.63, 3.8) is 0 Å². The molecular weight excluding hydrogens is 442 g/mol. The molecule has 2 aromatic heterocycles. The third kappa shape index (κ3) is 4.34. The van der Waals surface area contributed by atoms with Crippen LogP contribution in [0.2, 0.25) is 0 Å². The SMILES string of the molecule is Cc1nc2oc(-c3ccc(C4(NC(=O)OC(C)(C)C)CCC4)cc3)c(-c3ccccc3)c2c(=O)[nH]1. The fraction of sp³-hybridized carbons (Fsp3) is 0.321. The summed E-state index contributed by atoms with van der Waals surface area (Å²) < 4.78 is 11.7. The largest absolute Gasteiger partial charge is 0.444 e. The molecule has 1 amide bonds. The van der Waals surface area contributed by atoms with Gasteiger partial charge in [-0.25, -0.2) is 4.79 Å². The van der Waals surface area contributed by atoms with Crippen LogP contribution in [-0.4, -0.2) is 21.7 Å². The second-order valence-electron chi connectivity index (χ2n) is 10.1. The van der Waals surface area contributed by atoms with Gasteiger partial charge in [-0.1, -0.05) is 54.6 Å². The lowest BCUT2D eigenvalue weighted by Crippen LogP contribution is -2.52. The molecule has 4 aromatic rings. The topological polar surface area (TPSA) is 97.2 Å². The van der Waals surface area contributed by atoms with E-state index >= 15 is 0 Å².